The summed E-state index contributed by atoms with van der Waals surface area (Å²) in [5.41, 5.74) is 13.2. The molecule has 0 aliphatic heterocycles. The topological polar surface area (TPSA) is 38.9 Å². The van der Waals surface area contributed by atoms with Gasteiger partial charge in [-0.25, -0.2) is 0 Å². The molecule has 0 unspecified atom stereocenters. The lowest BCUT2D eigenvalue weighted by molar-refractivity contribution is 0.944. The van der Waals surface area contributed by atoms with Crippen molar-refractivity contribution in [1.82, 2.24) is 4.98 Å². The fourth-order valence-corrected chi connectivity index (χ4v) is 3.66. The molecule has 0 atom stereocenters. The van der Waals surface area contributed by atoms with E-state index >= 15 is 0 Å². The van der Waals surface area contributed by atoms with Crippen LogP contribution in [0.4, 0.5) is 0 Å². The molecule has 0 fully saturated rings. The van der Waals surface area contributed by atoms with Gasteiger partial charge in [-0.3, -0.25) is 4.98 Å². The van der Waals surface area contributed by atoms with Gasteiger partial charge in [-0.2, -0.15) is 0 Å². The third-order valence-corrected chi connectivity index (χ3v) is 4.45. The molecule has 1 aromatic carbocycles. The summed E-state index contributed by atoms with van der Waals surface area (Å²) >= 11 is 1.85. The van der Waals surface area contributed by atoms with Crippen LogP contribution in [0.3, 0.4) is 0 Å². The van der Waals surface area contributed by atoms with Crippen LogP contribution >= 0.6 is 11.8 Å². The van der Waals surface area contributed by atoms with Crippen LogP contribution in [0.15, 0.2) is 29.2 Å². The summed E-state index contributed by atoms with van der Waals surface area (Å²) in [6.45, 7) is 8.92. The van der Waals surface area contributed by atoms with Crippen molar-refractivity contribution in [3.05, 3.63) is 57.9 Å². The van der Waals surface area contributed by atoms with E-state index < -0.39 is 0 Å². The summed E-state index contributed by atoms with van der Waals surface area (Å²) in [7, 11) is 0. The Morgan fingerprint density at radius 2 is 1.65 bits per heavy atom. The maximum atomic E-state index is 5.87. The SMILES string of the molecule is Cc1cc(C)cc(CSc2cc(C)nc(C)c2CN)c1. The molecular formula is C17H22N2S. The van der Waals surface area contributed by atoms with Crippen LogP contribution in [-0.4, -0.2) is 4.98 Å². The van der Waals surface area contributed by atoms with Crippen LogP contribution in [-0.2, 0) is 12.3 Å². The lowest BCUT2D eigenvalue weighted by Gasteiger charge is -2.12. The maximum Gasteiger partial charge on any atom is 0.0431 e. The van der Waals surface area contributed by atoms with Crippen LogP contribution in [0.1, 0.15) is 33.6 Å². The van der Waals surface area contributed by atoms with Crippen molar-refractivity contribution >= 4 is 11.8 Å². The molecule has 0 radical (unpaired) electrons. The van der Waals surface area contributed by atoms with E-state index in [4.69, 9.17) is 5.73 Å². The van der Waals surface area contributed by atoms with Crippen LogP contribution in [0, 0.1) is 27.7 Å². The van der Waals surface area contributed by atoms with Crippen molar-refractivity contribution in [2.24, 2.45) is 5.73 Å². The molecule has 2 aromatic rings. The van der Waals surface area contributed by atoms with Gasteiger partial charge in [-0.1, -0.05) is 29.3 Å². The summed E-state index contributed by atoms with van der Waals surface area (Å²) in [6.07, 6.45) is 0. The molecule has 20 heavy (non-hydrogen) atoms. The van der Waals surface area contributed by atoms with Crippen molar-refractivity contribution in [2.45, 2.75) is 44.9 Å². The molecule has 2 N–H and O–H groups in total. The summed E-state index contributed by atoms with van der Waals surface area (Å²) in [6, 6.07) is 8.86. The minimum Gasteiger partial charge on any atom is -0.326 e. The molecule has 106 valence electrons. The number of aromatic nitrogens is 1. The van der Waals surface area contributed by atoms with Gasteiger partial charge in [0.15, 0.2) is 0 Å². The zero-order valence-corrected chi connectivity index (χ0v) is 13.5. The zero-order chi connectivity index (χ0) is 14.7. The first-order valence-corrected chi connectivity index (χ1v) is 7.85. The molecule has 0 bridgehead atoms. The van der Waals surface area contributed by atoms with Crippen molar-refractivity contribution < 1.29 is 0 Å². The van der Waals surface area contributed by atoms with Gasteiger partial charge < -0.3 is 5.73 Å². The molecular weight excluding hydrogens is 264 g/mol. The quantitative estimate of drug-likeness (QED) is 0.861. The van der Waals surface area contributed by atoms with E-state index in [2.05, 4.69) is 43.1 Å². The van der Waals surface area contributed by atoms with Crippen molar-refractivity contribution in [3.63, 3.8) is 0 Å². The van der Waals surface area contributed by atoms with Crippen molar-refractivity contribution in [2.75, 3.05) is 0 Å². The Morgan fingerprint density at radius 1 is 1.00 bits per heavy atom. The second-order valence-corrected chi connectivity index (χ2v) is 6.33. The normalized spacial score (nSPS) is 10.8. The summed E-state index contributed by atoms with van der Waals surface area (Å²) in [4.78, 5) is 5.76. The minimum absolute atomic E-state index is 0.550. The number of rotatable bonds is 4. The van der Waals surface area contributed by atoms with Crippen molar-refractivity contribution in [3.8, 4) is 0 Å². The van der Waals surface area contributed by atoms with Crippen LogP contribution in [0.5, 0.6) is 0 Å². The molecule has 0 amide bonds. The predicted octanol–water partition coefficient (Wildman–Crippen LogP) is 4.07. The maximum absolute atomic E-state index is 5.87. The molecule has 2 rings (SSSR count). The summed E-state index contributed by atoms with van der Waals surface area (Å²) < 4.78 is 0. The summed E-state index contributed by atoms with van der Waals surface area (Å²) in [5, 5.41) is 0. The molecule has 0 aliphatic rings. The number of benzene rings is 1. The Balaban J connectivity index is 2.22. The fraction of sp³-hybridized carbons (Fsp3) is 0.353. The van der Waals surface area contributed by atoms with Gasteiger partial charge in [-0.15, -0.1) is 11.8 Å². The van der Waals surface area contributed by atoms with Crippen molar-refractivity contribution in [1.29, 1.82) is 0 Å². The number of hydrogen-bond donors (Lipinski definition) is 1. The van der Waals surface area contributed by atoms with Gasteiger partial charge >= 0.3 is 0 Å². The Hall–Kier alpha value is -1.32. The standard InChI is InChI=1S/C17H22N2S/c1-11-5-12(2)7-15(6-11)10-20-17-8-13(3)19-14(4)16(17)9-18/h5-8H,9-10,18H2,1-4H3. The highest BCUT2D eigenvalue weighted by atomic mass is 32.2. The van der Waals surface area contributed by atoms with E-state index in [0.717, 1.165) is 17.1 Å². The van der Waals surface area contributed by atoms with Gasteiger partial charge in [0.05, 0.1) is 0 Å². The van der Waals surface area contributed by atoms with Gasteiger partial charge in [0.25, 0.3) is 0 Å². The van der Waals surface area contributed by atoms with E-state index in [1.807, 2.05) is 25.6 Å². The smallest absolute Gasteiger partial charge is 0.0431 e. The lowest BCUT2D eigenvalue weighted by atomic mass is 10.1. The van der Waals surface area contributed by atoms with Gasteiger partial charge in [0.2, 0.25) is 0 Å². The van der Waals surface area contributed by atoms with Crippen LogP contribution in [0.25, 0.3) is 0 Å². The molecule has 0 saturated heterocycles. The number of nitrogens with two attached hydrogens (primary N) is 1. The Bertz CT molecular complexity index is 600. The molecule has 1 heterocycles. The predicted molar refractivity (Wildman–Crippen MR) is 87.1 cm³/mol. The monoisotopic (exact) mass is 286 g/mol. The van der Waals surface area contributed by atoms with Gasteiger partial charge in [-0.05, 0) is 39.3 Å². The number of aryl methyl sites for hydroxylation is 4. The average Bonchev–Trinajstić information content (AvgIpc) is 2.34. The Labute approximate surface area is 125 Å². The number of pyridine rings is 1. The first-order valence-electron chi connectivity index (χ1n) is 6.86. The van der Waals surface area contributed by atoms with E-state index in [0.29, 0.717) is 6.54 Å². The summed E-state index contributed by atoms with van der Waals surface area (Å²) in [5.74, 6) is 0.971. The zero-order valence-electron chi connectivity index (χ0n) is 12.7. The highest BCUT2D eigenvalue weighted by Gasteiger charge is 2.08. The number of thioether (sulfide) groups is 1. The van der Waals surface area contributed by atoms with E-state index in [1.54, 1.807) is 0 Å². The molecule has 1 aromatic heterocycles. The lowest BCUT2D eigenvalue weighted by Crippen LogP contribution is -2.04. The molecule has 0 spiro atoms. The van der Waals surface area contributed by atoms with E-state index in [1.165, 1.54) is 27.1 Å². The van der Waals surface area contributed by atoms with E-state index in [9.17, 15) is 0 Å². The average molecular weight is 286 g/mol. The largest absolute Gasteiger partial charge is 0.326 e. The van der Waals surface area contributed by atoms with Gasteiger partial charge in [0, 0.05) is 34.1 Å². The first-order chi connectivity index (χ1) is 9.49. The first kappa shape index (κ1) is 15.1. The number of nitrogens with zero attached hydrogens (tertiary/aromatic N) is 1. The minimum atomic E-state index is 0.550. The number of hydrogen-bond acceptors (Lipinski definition) is 3. The van der Waals surface area contributed by atoms with Crippen LogP contribution < -0.4 is 5.73 Å². The molecule has 3 heteroatoms. The molecule has 2 nitrogen and oxygen atoms in total. The van der Waals surface area contributed by atoms with E-state index in [-0.39, 0.29) is 0 Å². The Morgan fingerprint density at radius 3 is 2.25 bits per heavy atom. The second-order valence-electron chi connectivity index (χ2n) is 5.31. The third kappa shape index (κ3) is 3.62. The highest BCUT2D eigenvalue weighted by Crippen LogP contribution is 2.28. The fourth-order valence-electron chi connectivity index (χ4n) is 2.51. The highest BCUT2D eigenvalue weighted by molar-refractivity contribution is 7.98. The second kappa shape index (κ2) is 6.42. The van der Waals surface area contributed by atoms with Gasteiger partial charge in [0.1, 0.15) is 0 Å². The third-order valence-electron chi connectivity index (χ3n) is 3.30. The Kier molecular flexibility index (Phi) is 4.84. The molecule has 0 aliphatic carbocycles. The molecule has 0 saturated carbocycles. The van der Waals surface area contributed by atoms with Crippen LogP contribution in [0.2, 0.25) is 0 Å².